The number of anilines is 2. The van der Waals surface area contributed by atoms with Gasteiger partial charge in [0.15, 0.2) is 0 Å². The Balaban J connectivity index is 1.54. The van der Waals surface area contributed by atoms with E-state index in [1.54, 1.807) is 12.0 Å². The number of ether oxygens (including phenoxy) is 1. The van der Waals surface area contributed by atoms with Crippen molar-refractivity contribution in [1.82, 2.24) is 5.32 Å². The van der Waals surface area contributed by atoms with Crippen LogP contribution in [0.25, 0.3) is 0 Å². The molecule has 152 valence electrons. The Bertz CT molecular complexity index is 745. The Morgan fingerprint density at radius 2 is 2.11 bits per heavy atom. The van der Waals surface area contributed by atoms with Crippen molar-refractivity contribution in [3.63, 3.8) is 0 Å². The lowest BCUT2D eigenvalue weighted by Crippen LogP contribution is -2.38. The zero-order chi connectivity index (χ0) is 19.9. The second kappa shape index (κ2) is 9.62. The number of allylic oxidation sites excluding steroid dienone is 1. The molecule has 0 saturated carbocycles. The minimum absolute atomic E-state index is 0.0193. The topological polar surface area (TPSA) is 70.7 Å². The van der Waals surface area contributed by atoms with Crippen molar-refractivity contribution in [1.29, 1.82) is 0 Å². The molecule has 3 rings (SSSR count). The maximum absolute atomic E-state index is 12.4. The van der Waals surface area contributed by atoms with Crippen molar-refractivity contribution in [2.24, 2.45) is 0 Å². The summed E-state index contributed by atoms with van der Waals surface area (Å²) < 4.78 is 5.48. The van der Waals surface area contributed by atoms with Crippen LogP contribution in [0, 0.1) is 0 Å². The summed E-state index contributed by atoms with van der Waals surface area (Å²) in [6.45, 7) is 3.24. The van der Waals surface area contributed by atoms with Crippen molar-refractivity contribution in [2.75, 3.05) is 30.4 Å². The quantitative estimate of drug-likeness (QED) is 0.671. The second-order valence-corrected chi connectivity index (χ2v) is 7.55. The molecule has 1 aromatic rings. The molecule has 1 aliphatic heterocycles. The van der Waals surface area contributed by atoms with Crippen molar-refractivity contribution < 1.29 is 14.3 Å². The summed E-state index contributed by atoms with van der Waals surface area (Å²) in [4.78, 5) is 26.2. The van der Waals surface area contributed by atoms with Gasteiger partial charge in [0.2, 0.25) is 11.8 Å². The highest BCUT2D eigenvalue weighted by molar-refractivity contribution is 5.97. The van der Waals surface area contributed by atoms with E-state index < -0.39 is 0 Å². The van der Waals surface area contributed by atoms with Crippen LogP contribution in [0.2, 0.25) is 0 Å². The Morgan fingerprint density at radius 3 is 2.79 bits per heavy atom. The maximum Gasteiger partial charge on any atom is 0.242 e. The first kappa shape index (κ1) is 20.2. The zero-order valence-corrected chi connectivity index (χ0v) is 16.9. The zero-order valence-electron chi connectivity index (χ0n) is 16.9. The van der Waals surface area contributed by atoms with E-state index in [2.05, 4.69) is 16.7 Å². The normalized spacial score (nSPS) is 17.9. The van der Waals surface area contributed by atoms with E-state index >= 15 is 0 Å². The third kappa shape index (κ3) is 5.06. The van der Waals surface area contributed by atoms with Gasteiger partial charge in [0.1, 0.15) is 11.8 Å². The largest absolute Gasteiger partial charge is 0.494 e. The van der Waals surface area contributed by atoms with Gasteiger partial charge in [-0.05, 0) is 57.6 Å². The Labute approximate surface area is 167 Å². The van der Waals surface area contributed by atoms with Crippen molar-refractivity contribution in [2.45, 2.75) is 57.9 Å². The number of carbonyl (C=O) groups excluding carboxylic acids is 2. The van der Waals surface area contributed by atoms with Crippen LogP contribution in [0.4, 0.5) is 11.4 Å². The number of nitrogens with zero attached hydrogens (tertiary/aromatic N) is 1. The molecule has 1 aliphatic carbocycles. The van der Waals surface area contributed by atoms with Crippen LogP contribution >= 0.6 is 0 Å². The van der Waals surface area contributed by atoms with E-state index in [-0.39, 0.29) is 17.9 Å². The van der Waals surface area contributed by atoms with E-state index in [9.17, 15) is 9.59 Å². The predicted octanol–water partition coefficient (Wildman–Crippen LogP) is 3.63. The van der Waals surface area contributed by atoms with Crippen LogP contribution in [0.1, 0.15) is 51.9 Å². The fourth-order valence-electron chi connectivity index (χ4n) is 3.84. The number of nitrogens with one attached hydrogen (secondary N) is 2. The molecule has 2 N–H and O–H groups in total. The summed E-state index contributed by atoms with van der Waals surface area (Å²) in [6, 6.07) is 5.26. The first-order valence-corrected chi connectivity index (χ1v) is 10.3. The van der Waals surface area contributed by atoms with Crippen LogP contribution in [-0.4, -0.2) is 38.1 Å². The summed E-state index contributed by atoms with van der Waals surface area (Å²) in [6.07, 6.45) is 9.58. The Morgan fingerprint density at radius 1 is 1.25 bits per heavy atom. The molecule has 6 nitrogen and oxygen atoms in total. The van der Waals surface area contributed by atoms with Crippen LogP contribution < -0.4 is 20.3 Å². The van der Waals surface area contributed by atoms with Crippen LogP contribution in [0.15, 0.2) is 29.8 Å². The van der Waals surface area contributed by atoms with Gasteiger partial charge < -0.3 is 20.3 Å². The Kier molecular flexibility index (Phi) is 6.95. The minimum atomic E-state index is -0.357. The van der Waals surface area contributed by atoms with Crippen molar-refractivity contribution >= 4 is 23.2 Å². The van der Waals surface area contributed by atoms with Crippen LogP contribution in [0.3, 0.4) is 0 Å². The van der Waals surface area contributed by atoms with Gasteiger partial charge in [-0.1, -0.05) is 11.6 Å². The molecular weight excluding hydrogens is 354 g/mol. The van der Waals surface area contributed by atoms with E-state index in [1.165, 1.54) is 24.8 Å². The molecule has 2 amide bonds. The first-order chi connectivity index (χ1) is 13.6. The molecule has 0 bridgehead atoms. The number of methoxy groups -OCH3 is 1. The van der Waals surface area contributed by atoms with Crippen LogP contribution in [0.5, 0.6) is 5.75 Å². The van der Waals surface area contributed by atoms with Gasteiger partial charge in [-0.25, -0.2) is 0 Å². The second-order valence-electron chi connectivity index (χ2n) is 7.55. The molecule has 0 unspecified atom stereocenters. The monoisotopic (exact) mass is 385 g/mol. The highest BCUT2D eigenvalue weighted by atomic mass is 16.5. The highest BCUT2D eigenvalue weighted by Crippen LogP contribution is 2.34. The average Bonchev–Trinajstić information content (AvgIpc) is 3.14. The van der Waals surface area contributed by atoms with Gasteiger partial charge in [0.05, 0.1) is 12.8 Å². The first-order valence-electron chi connectivity index (χ1n) is 10.3. The van der Waals surface area contributed by atoms with Gasteiger partial charge >= 0.3 is 0 Å². The standard InChI is InChI=1S/C22H31N3O3/c1-16(22(27)23-13-12-17-7-4-3-5-8-17)24-18-10-11-19(20(15-18)28-2)25-14-6-9-21(25)26/h7,10-11,15-16,24H,3-6,8-9,12-14H2,1-2H3,(H,23,27)/t16-/m1/s1. The summed E-state index contributed by atoms with van der Waals surface area (Å²) in [7, 11) is 1.60. The molecule has 2 aliphatic rings. The summed E-state index contributed by atoms with van der Waals surface area (Å²) in [5.74, 6) is 0.742. The SMILES string of the molecule is COc1cc(N[C@H](C)C(=O)NCCC2=CCCCC2)ccc1N1CCCC1=O. The lowest BCUT2D eigenvalue weighted by atomic mass is 9.97. The molecule has 1 fully saturated rings. The Hall–Kier alpha value is -2.50. The van der Waals surface area contributed by atoms with Gasteiger partial charge in [-0.3, -0.25) is 9.59 Å². The summed E-state index contributed by atoms with van der Waals surface area (Å²) >= 11 is 0. The lowest BCUT2D eigenvalue weighted by Gasteiger charge is -2.21. The smallest absolute Gasteiger partial charge is 0.242 e. The van der Waals surface area contributed by atoms with Gasteiger partial charge in [0, 0.05) is 31.3 Å². The molecule has 0 spiro atoms. The van der Waals surface area contributed by atoms with Crippen molar-refractivity contribution in [3.8, 4) is 5.75 Å². The molecule has 1 saturated heterocycles. The number of amides is 2. The third-order valence-corrected chi connectivity index (χ3v) is 5.45. The fraction of sp³-hybridized carbons (Fsp3) is 0.545. The fourth-order valence-corrected chi connectivity index (χ4v) is 3.84. The molecule has 0 aromatic heterocycles. The van der Waals surface area contributed by atoms with Gasteiger partial charge in [0.25, 0.3) is 0 Å². The van der Waals surface area contributed by atoms with E-state index in [0.29, 0.717) is 18.7 Å². The molecule has 0 radical (unpaired) electrons. The minimum Gasteiger partial charge on any atom is -0.494 e. The van der Waals surface area contributed by atoms with E-state index in [0.717, 1.165) is 37.2 Å². The molecule has 1 aromatic carbocycles. The number of benzene rings is 1. The molecule has 1 atom stereocenters. The third-order valence-electron chi connectivity index (χ3n) is 5.45. The summed E-state index contributed by atoms with van der Waals surface area (Å²) in [5.41, 5.74) is 3.04. The maximum atomic E-state index is 12.4. The van der Waals surface area contributed by atoms with Crippen molar-refractivity contribution in [3.05, 3.63) is 29.8 Å². The number of hydrogen-bond donors (Lipinski definition) is 2. The number of hydrogen-bond acceptors (Lipinski definition) is 4. The molecular formula is C22H31N3O3. The number of carbonyl (C=O) groups is 2. The van der Waals surface area contributed by atoms with Crippen LogP contribution in [-0.2, 0) is 9.59 Å². The highest BCUT2D eigenvalue weighted by Gasteiger charge is 2.24. The molecule has 1 heterocycles. The molecule has 28 heavy (non-hydrogen) atoms. The predicted molar refractivity (Wildman–Crippen MR) is 112 cm³/mol. The molecule has 6 heteroatoms. The number of rotatable bonds is 8. The van der Waals surface area contributed by atoms with Gasteiger partial charge in [-0.15, -0.1) is 0 Å². The average molecular weight is 386 g/mol. The summed E-state index contributed by atoms with van der Waals surface area (Å²) in [5, 5.41) is 6.24. The van der Waals surface area contributed by atoms with E-state index in [1.807, 2.05) is 25.1 Å². The van der Waals surface area contributed by atoms with E-state index in [4.69, 9.17) is 4.74 Å². The van der Waals surface area contributed by atoms with Gasteiger partial charge in [-0.2, -0.15) is 0 Å². The lowest BCUT2D eigenvalue weighted by molar-refractivity contribution is -0.121.